The number of fused-ring (bicyclic) bond motifs is 1. The van der Waals surface area contributed by atoms with Crippen molar-refractivity contribution in [3.05, 3.63) is 65.9 Å². The number of carbonyl (C=O) groups is 1. The predicted molar refractivity (Wildman–Crippen MR) is 111 cm³/mol. The molecule has 1 aromatic heterocycles. The van der Waals surface area contributed by atoms with Gasteiger partial charge in [0.2, 0.25) is 5.91 Å². The maximum absolute atomic E-state index is 12.6. The highest BCUT2D eigenvalue weighted by Gasteiger charge is 2.28. The Morgan fingerprint density at radius 3 is 2.61 bits per heavy atom. The van der Waals surface area contributed by atoms with Gasteiger partial charge in [0.15, 0.2) is 0 Å². The molecule has 2 heterocycles. The first-order valence-corrected chi connectivity index (χ1v) is 9.77. The molecule has 3 aromatic rings. The Balaban J connectivity index is 1.36. The van der Waals surface area contributed by atoms with E-state index in [9.17, 15) is 4.79 Å². The van der Waals surface area contributed by atoms with Crippen LogP contribution < -0.4 is 5.32 Å². The van der Waals surface area contributed by atoms with E-state index >= 15 is 0 Å². The highest BCUT2D eigenvalue weighted by atomic mass is 16.2. The van der Waals surface area contributed by atoms with Gasteiger partial charge in [-0.15, -0.1) is 0 Å². The minimum atomic E-state index is -0.181. The number of amides is 1. The molecule has 5 nitrogen and oxygen atoms in total. The lowest BCUT2D eigenvalue weighted by Crippen LogP contribution is -2.45. The molecule has 1 saturated heterocycles. The van der Waals surface area contributed by atoms with Gasteiger partial charge in [-0.05, 0) is 74.7 Å². The van der Waals surface area contributed by atoms with Crippen LogP contribution in [0.4, 0.5) is 5.69 Å². The van der Waals surface area contributed by atoms with Crippen molar-refractivity contribution in [1.82, 2.24) is 9.88 Å². The molecular formula is C23H24N4O. The van der Waals surface area contributed by atoms with Crippen LogP contribution in [0.25, 0.3) is 10.9 Å². The number of rotatable bonds is 4. The maximum atomic E-state index is 12.6. The number of hydrogen-bond donors (Lipinski definition) is 2. The standard InChI is InChI=1S/C23H24N4O/c1-16(23(28)26-19-8-6-17(14-24)7-9-19)27-12-10-18(11-13-27)21-15-25-22-5-3-2-4-20(21)22/h2-9,15-16,18,25H,10-13H2,1H3,(H,26,28)/t16-/m1/s1. The van der Waals surface area contributed by atoms with Gasteiger partial charge in [0.05, 0.1) is 17.7 Å². The van der Waals surface area contributed by atoms with Crippen LogP contribution in [0.5, 0.6) is 0 Å². The van der Waals surface area contributed by atoms with E-state index in [2.05, 4.69) is 51.7 Å². The summed E-state index contributed by atoms with van der Waals surface area (Å²) in [6.45, 7) is 3.78. The van der Waals surface area contributed by atoms with Crippen molar-refractivity contribution in [3.63, 3.8) is 0 Å². The predicted octanol–water partition coefficient (Wildman–Crippen LogP) is 4.25. The number of aromatic nitrogens is 1. The Labute approximate surface area is 165 Å². The minimum absolute atomic E-state index is 0.00440. The van der Waals surface area contributed by atoms with Gasteiger partial charge in [0.25, 0.3) is 0 Å². The van der Waals surface area contributed by atoms with Gasteiger partial charge in [-0.2, -0.15) is 5.26 Å². The summed E-state index contributed by atoms with van der Waals surface area (Å²) in [6, 6.07) is 17.3. The summed E-state index contributed by atoms with van der Waals surface area (Å²) < 4.78 is 0. The van der Waals surface area contributed by atoms with Crippen LogP contribution in [0, 0.1) is 11.3 Å². The van der Waals surface area contributed by atoms with Crippen LogP contribution in [0.3, 0.4) is 0 Å². The fraction of sp³-hybridized carbons (Fsp3) is 0.304. The molecule has 0 aliphatic carbocycles. The molecular weight excluding hydrogens is 348 g/mol. The molecule has 1 aliphatic rings. The third-order valence-corrected chi connectivity index (χ3v) is 5.80. The number of benzene rings is 2. The molecule has 1 aliphatic heterocycles. The Kier molecular flexibility index (Phi) is 5.14. The van der Waals surface area contributed by atoms with Crippen LogP contribution in [0.2, 0.25) is 0 Å². The summed E-state index contributed by atoms with van der Waals surface area (Å²) >= 11 is 0. The topological polar surface area (TPSA) is 71.9 Å². The normalized spacial score (nSPS) is 16.6. The number of nitrogens with one attached hydrogen (secondary N) is 2. The number of piperidine rings is 1. The fourth-order valence-corrected chi connectivity index (χ4v) is 4.07. The van der Waals surface area contributed by atoms with Gasteiger partial charge in [0.1, 0.15) is 0 Å². The van der Waals surface area contributed by atoms with E-state index in [4.69, 9.17) is 5.26 Å². The Hall–Kier alpha value is -3.10. The number of H-pyrrole nitrogens is 1. The molecule has 142 valence electrons. The monoisotopic (exact) mass is 372 g/mol. The minimum Gasteiger partial charge on any atom is -0.361 e. The lowest BCUT2D eigenvalue weighted by atomic mass is 9.88. The first kappa shape index (κ1) is 18.3. The summed E-state index contributed by atoms with van der Waals surface area (Å²) in [5.74, 6) is 0.524. The molecule has 28 heavy (non-hydrogen) atoms. The zero-order valence-electron chi connectivity index (χ0n) is 16.0. The molecule has 5 heteroatoms. The van der Waals surface area contributed by atoms with Crippen LogP contribution >= 0.6 is 0 Å². The zero-order valence-corrected chi connectivity index (χ0v) is 16.0. The van der Waals surface area contributed by atoms with Crippen molar-refractivity contribution in [2.45, 2.75) is 31.7 Å². The van der Waals surface area contributed by atoms with Gasteiger partial charge in [-0.3, -0.25) is 9.69 Å². The van der Waals surface area contributed by atoms with E-state index in [-0.39, 0.29) is 11.9 Å². The van der Waals surface area contributed by atoms with Crippen LogP contribution in [0.1, 0.15) is 36.8 Å². The quantitative estimate of drug-likeness (QED) is 0.719. The number of nitrogens with zero attached hydrogens (tertiary/aromatic N) is 2. The molecule has 0 saturated carbocycles. The van der Waals surface area contributed by atoms with Crippen molar-refractivity contribution in [2.75, 3.05) is 18.4 Å². The average Bonchev–Trinajstić information content (AvgIpc) is 3.18. The summed E-state index contributed by atoms with van der Waals surface area (Å²) in [7, 11) is 0. The molecule has 0 radical (unpaired) electrons. The largest absolute Gasteiger partial charge is 0.361 e. The summed E-state index contributed by atoms with van der Waals surface area (Å²) in [4.78, 5) is 18.3. The zero-order chi connectivity index (χ0) is 19.5. The van der Waals surface area contributed by atoms with Crippen molar-refractivity contribution in [3.8, 4) is 6.07 Å². The number of anilines is 1. The SMILES string of the molecule is C[C@H](C(=O)Nc1ccc(C#N)cc1)N1CCC(c2c[nH]c3ccccc23)CC1. The first-order valence-electron chi connectivity index (χ1n) is 9.77. The van der Waals surface area contributed by atoms with E-state index in [1.54, 1.807) is 24.3 Å². The first-order chi connectivity index (χ1) is 13.7. The Bertz CT molecular complexity index is 1010. The van der Waals surface area contributed by atoms with Crippen molar-refractivity contribution >= 4 is 22.5 Å². The Morgan fingerprint density at radius 1 is 1.18 bits per heavy atom. The second kappa shape index (κ2) is 7.87. The lowest BCUT2D eigenvalue weighted by molar-refractivity contribution is -0.121. The Morgan fingerprint density at radius 2 is 1.89 bits per heavy atom. The summed E-state index contributed by atoms with van der Waals surface area (Å²) in [5.41, 5.74) is 3.90. The second-order valence-corrected chi connectivity index (χ2v) is 7.45. The number of likely N-dealkylation sites (tertiary alicyclic amines) is 1. The van der Waals surface area contributed by atoms with Gasteiger partial charge >= 0.3 is 0 Å². The fourth-order valence-electron chi connectivity index (χ4n) is 4.07. The molecule has 1 atom stereocenters. The average molecular weight is 372 g/mol. The van der Waals surface area contributed by atoms with Crippen LogP contribution in [-0.4, -0.2) is 34.9 Å². The molecule has 0 spiro atoms. The molecule has 0 unspecified atom stereocenters. The van der Waals surface area contributed by atoms with Crippen LogP contribution in [-0.2, 0) is 4.79 Å². The van der Waals surface area contributed by atoms with E-state index in [0.29, 0.717) is 11.5 Å². The van der Waals surface area contributed by atoms with E-state index in [1.165, 1.54) is 16.5 Å². The van der Waals surface area contributed by atoms with E-state index in [1.807, 2.05) is 6.92 Å². The molecule has 1 fully saturated rings. The number of hydrogen-bond acceptors (Lipinski definition) is 3. The molecule has 2 N–H and O–H groups in total. The molecule has 2 aromatic carbocycles. The number of carbonyl (C=O) groups excluding carboxylic acids is 1. The molecule has 1 amide bonds. The van der Waals surface area contributed by atoms with Gasteiger partial charge in [0, 0.05) is 22.8 Å². The second-order valence-electron chi connectivity index (χ2n) is 7.45. The van der Waals surface area contributed by atoms with Crippen molar-refractivity contribution < 1.29 is 4.79 Å². The summed E-state index contributed by atoms with van der Waals surface area (Å²) in [5, 5.41) is 13.1. The molecule has 0 bridgehead atoms. The van der Waals surface area contributed by atoms with Gasteiger partial charge < -0.3 is 10.3 Å². The highest BCUT2D eigenvalue weighted by Crippen LogP contribution is 2.33. The highest BCUT2D eigenvalue weighted by molar-refractivity contribution is 5.94. The third kappa shape index (κ3) is 3.64. The van der Waals surface area contributed by atoms with E-state index in [0.717, 1.165) is 31.6 Å². The van der Waals surface area contributed by atoms with Gasteiger partial charge in [-0.1, -0.05) is 18.2 Å². The van der Waals surface area contributed by atoms with Crippen molar-refractivity contribution in [1.29, 1.82) is 5.26 Å². The lowest BCUT2D eigenvalue weighted by Gasteiger charge is -2.35. The number of aromatic amines is 1. The van der Waals surface area contributed by atoms with E-state index < -0.39 is 0 Å². The van der Waals surface area contributed by atoms with Gasteiger partial charge in [-0.25, -0.2) is 0 Å². The van der Waals surface area contributed by atoms with Crippen molar-refractivity contribution in [2.24, 2.45) is 0 Å². The number of para-hydroxylation sites is 1. The number of nitriles is 1. The molecule has 4 rings (SSSR count). The smallest absolute Gasteiger partial charge is 0.241 e. The summed E-state index contributed by atoms with van der Waals surface area (Å²) in [6.07, 6.45) is 4.25. The maximum Gasteiger partial charge on any atom is 0.241 e. The van der Waals surface area contributed by atoms with Crippen LogP contribution in [0.15, 0.2) is 54.7 Å². The third-order valence-electron chi connectivity index (χ3n) is 5.80.